The molecule has 1 unspecified atom stereocenters. The number of rotatable bonds is 3. The number of nitrogens with zero attached hydrogens (tertiary/aromatic N) is 3. The molecule has 0 bridgehead atoms. The topological polar surface area (TPSA) is 47.3 Å². The highest BCUT2D eigenvalue weighted by molar-refractivity contribution is 6.04. The molecular formula is C14H17N3O. The molecular weight excluding hydrogens is 226 g/mol. The fourth-order valence-corrected chi connectivity index (χ4v) is 2.43. The monoisotopic (exact) mass is 243 g/mol. The van der Waals surface area contributed by atoms with Gasteiger partial charge in [-0.25, -0.2) is 0 Å². The van der Waals surface area contributed by atoms with Crippen LogP contribution in [0.3, 0.4) is 0 Å². The zero-order valence-corrected chi connectivity index (χ0v) is 11.0. The Morgan fingerprint density at radius 1 is 1.44 bits per heavy atom. The minimum Gasteiger partial charge on any atom is -0.377 e. The number of carbonyl (C=O) groups excluding carboxylic acids is 1. The normalized spacial score (nSPS) is 17.6. The van der Waals surface area contributed by atoms with Crippen molar-refractivity contribution in [3.05, 3.63) is 29.3 Å². The summed E-state index contributed by atoms with van der Waals surface area (Å²) in [6.45, 7) is 2.64. The van der Waals surface area contributed by atoms with Crippen molar-refractivity contribution < 1.29 is 4.79 Å². The lowest BCUT2D eigenvalue weighted by molar-refractivity contribution is 0.0758. The summed E-state index contributed by atoms with van der Waals surface area (Å²) in [4.78, 5) is 16.0. The zero-order valence-electron chi connectivity index (χ0n) is 11.0. The highest BCUT2D eigenvalue weighted by Gasteiger charge is 2.38. The summed E-state index contributed by atoms with van der Waals surface area (Å²) in [7, 11) is 3.82. The van der Waals surface area contributed by atoms with E-state index in [1.807, 2.05) is 44.1 Å². The Hall–Kier alpha value is -2.02. The zero-order chi connectivity index (χ0) is 13.3. The van der Waals surface area contributed by atoms with Gasteiger partial charge in [0, 0.05) is 31.9 Å². The number of nitriles is 1. The average Bonchev–Trinajstić information content (AvgIpc) is 2.63. The summed E-state index contributed by atoms with van der Waals surface area (Å²) in [6, 6.07) is 7.50. The SMILES string of the molecule is CCCN1C(=O)c2c(cccc2N(C)C)C1C#N. The van der Waals surface area contributed by atoms with Crippen LogP contribution in [0, 0.1) is 11.3 Å². The molecule has 0 aromatic heterocycles. The molecule has 0 spiro atoms. The van der Waals surface area contributed by atoms with Gasteiger partial charge in [0.1, 0.15) is 6.04 Å². The lowest BCUT2D eigenvalue weighted by Gasteiger charge is -2.19. The number of benzene rings is 1. The summed E-state index contributed by atoms with van der Waals surface area (Å²) >= 11 is 0. The smallest absolute Gasteiger partial charge is 0.257 e. The van der Waals surface area contributed by atoms with E-state index in [4.69, 9.17) is 0 Å². The molecule has 0 aliphatic carbocycles. The molecule has 4 heteroatoms. The molecule has 1 atom stereocenters. The van der Waals surface area contributed by atoms with Crippen LogP contribution in [0.5, 0.6) is 0 Å². The van der Waals surface area contributed by atoms with Gasteiger partial charge in [0.2, 0.25) is 0 Å². The van der Waals surface area contributed by atoms with Gasteiger partial charge in [-0.05, 0) is 12.5 Å². The van der Waals surface area contributed by atoms with E-state index in [2.05, 4.69) is 6.07 Å². The van der Waals surface area contributed by atoms with Crippen LogP contribution in [-0.2, 0) is 0 Å². The molecule has 18 heavy (non-hydrogen) atoms. The van der Waals surface area contributed by atoms with Crippen LogP contribution >= 0.6 is 0 Å². The van der Waals surface area contributed by atoms with Crippen LogP contribution in [-0.4, -0.2) is 31.4 Å². The first-order valence-electron chi connectivity index (χ1n) is 6.12. The van der Waals surface area contributed by atoms with Crippen LogP contribution in [0.15, 0.2) is 18.2 Å². The summed E-state index contributed by atoms with van der Waals surface area (Å²) in [5.74, 6) is -0.0253. The molecule has 2 rings (SSSR count). The minimum atomic E-state index is -0.438. The number of hydrogen-bond acceptors (Lipinski definition) is 3. The number of fused-ring (bicyclic) bond motifs is 1. The van der Waals surface area contributed by atoms with E-state index in [-0.39, 0.29) is 5.91 Å². The Morgan fingerprint density at radius 3 is 2.72 bits per heavy atom. The summed E-state index contributed by atoms with van der Waals surface area (Å²) in [5.41, 5.74) is 2.40. The van der Waals surface area contributed by atoms with Crippen molar-refractivity contribution >= 4 is 11.6 Å². The van der Waals surface area contributed by atoms with Crippen molar-refractivity contribution in [2.45, 2.75) is 19.4 Å². The van der Waals surface area contributed by atoms with Gasteiger partial charge in [0.25, 0.3) is 5.91 Å². The van der Waals surface area contributed by atoms with Crippen molar-refractivity contribution in [2.75, 3.05) is 25.5 Å². The van der Waals surface area contributed by atoms with Crippen LogP contribution in [0.4, 0.5) is 5.69 Å². The van der Waals surface area contributed by atoms with Crippen LogP contribution in [0.1, 0.15) is 35.3 Å². The van der Waals surface area contributed by atoms with Crippen LogP contribution in [0.25, 0.3) is 0 Å². The number of carbonyl (C=O) groups is 1. The Kier molecular flexibility index (Phi) is 3.24. The van der Waals surface area contributed by atoms with E-state index in [1.165, 1.54) is 0 Å². The predicted octanol–water partition coefficient (Wildman–Crippen LogP) is 2.18. The lowest BCUT2D eigenvalue weighted by Crippen LogP contribution is -2.28. The molecule has 0 fully saturated rings. The third-order valence-electron chi connectivity index (χ3n) is 3.22. The minimum absolute atomic E-state index is 0.0253. The molecule has 94 valence electrons. The first kappa shape index (κ1) is 12.4. The van der Waals surface area contributed by atoms with E-state index in [0.717, 1.165) is 17.7 Å². The summed E-state index contributed by atoms with van der Waals surface area (Å²) < 4.78 is 0. The predicted molar refractivity (Wildman–Crippen MR) is 70.5 cm³/mol. The molecule has 1 aromatic carbocycles. The third-order valence-corrected chi connectivity index (χ3v) is 3.22. The molecule has 1 aliphatic rings. The quantitative estimate of drug-likeness (QED) is 0.817. The Bertz CT molecular complexity index is 516. The fraction of sp³-hybridized carbons (Fsp3) is 0.429. The maximum Gasteiger partial charge on any atom is 0.257 e. The van der Waals surface area contributed by atoms with Gasteiger partial charge < -0.3 is 9.80 Å². The van der Waals surface area contributed by atoms with Crippen LogP contribution in [0.2, 0.25) is 0 Å². The molecule has 0 saturated heterocycles. The maximum absolute atomic E-state index is 12.4. The maximum atomic E-state index is 12.4. The van der Waals surface area contributed by atoms with Crippen LogP contribution < -0.4 is 4.90 Å². The number of hydrogen-bond donors (Lipinski definition) is 0. The van der Waals surface area contributed by atoms with E-state index in [9.17, 15) is 10.1 Å². The summed E-state index contributed by atoms with van der Waals surface area (Å²) in [5, 5.41) is 9.30. The average molecular weight is 243 g/mol. The van der Waals surface area contributed by atoms with Gasteiger partial charge in [0.05, 0.1) is 11.6 Å². The van der Waals surface area contributed by atoms with E-state index >= 15 is 0 Å². The molecule has 0 radical (unpaired) electrons. The molecule has 1 amide bonds. The van der Waals surface area contributed by atoms with Crippen molar-refractivity contribution in [3.63, 3.8) is 0 Å². The van der Waals surface area contributed by atoms with Gasteiger partial charge in [-0.2, -0.15) is 5.26 Å². The lowest BCUT2D eigenvalue weighted by atomic mass is 10.0. The van der Waals surface area contributed by atoms with Crippen molar-refractivity contribution in [3.8, 4) is 6.07 Å². The van der Waals surface area contributed by atoms with Gasteiger partial charge >= 0.3 is 0 Å². The van der Waals surface area contributed by atoms with Crippen molar-refractivity contribution in [2.24, 2.45) is 0 Å². The molecule has 1 aromatic rings. The molecule has 0 N–H and O–H groups in total. The number of anilines is 1. The Morgan fingerprint density at radius 2 is 2.17 bits per heavy atom. The highest BCUT2D eigenvalue weighted by Crippen LogP contribution is 2.38. The van der Waals surface area contributed by atoms with E-state index in [1.54, 1.807) is 4.90 Å². The van der Waals surface area contributed by atoms with E-state index in [0.29, 0.717) is 12.1 Å². The second-order valence-electron chi connectivity index (χ2n) is 4.67. The second-order valence-corrected chi connectivity index (χ2v) is 4.67. The molecule has 1 heterocycles. The molecule has 0 saturated carbocycles. The first-order chi connectivity index (χ1) is 8.61. The van der Waals surface area contributed by atoms with E-state index < -0.39 is 6.04 Å². The second kappa shape index (κ2) is 4.69. The Labute approximate surface area is 107 Å². The van der Waals surface area contributed by atoms with Gasteiger partial charge in [-0.3, -0.25) is 4.79 Å². The Balaban J connectivity index is 2.56. The highest BCUT2D eigenvalue weighted by atomic mass is 16.2. The number of amides is 1. The third kappa shape index (κ3) is 1.72. The standard InChI is InChI=1S/C14H17N3O/c1-4-8-17-12(9-15)10-6-5-7-11(16(2)3)13(10)14(17)18/h5-7,12H,4,8H2,1-3H3. The van der Waals surface area contributed by atoms with Gasteiger partial charge in [-0.1, -0.05) is 19.1 Å². The van der Waals surface area contributed by atoms with Gasteiger partial charge in [0.15, 0.2) is 0 Å². The largest absolute Gasteiger partial charge is 0.377 e. The molecule has 4 nitrogen and oxygen atoms in total. The molecule has 1 aliphatic heterocycles. The van der Waals surface area contributed by atoms with Gasteiger partial charge in [-0.15, -0.1) is 0 Å². The summed E-state index contributed by atoms with van der Waals surface area (Å²) in [6.07, 6.45) is 0.856. The van der Waals surface area contributed by atoms with Crippen molar-refractivity contribution in [1.29, 1.82) is 5.26 Å². The van der Waals surface area contributed by atoms with Crippen molar-refractivity contribution in [1.82, 2.24) is 4.90 Å². The fourth-order valence-electron chi connectivity index (χ4n) is 2.43. The first-order valence-corrected chi connectivity index (χ1v) is 6.12.